The molecule has 0 N–H and O–H groups in total. The summed E-state index contributed by atoms with van der Waals surface area (Å²) in [6.07, 6.45) is -3.46. The highest BCUT2D eigenvalue weighted by Gasteiger charge is 2.32. The number of hydrogen-bond donors (Lipinski definition) is 0. The molecule has 1 aromatic heterocycles. The molecule has 0 aliphatic carbocycles. The zero-order chi connectivity index (χ0) is 10.1. The van der Waals surface area contributed by atoms with Gasteiger partial charge in [-0.1, -0.05) is 0 Å². The summed E-state index contributed by atoms with van der Waals surface area (Å²) in [5, 5.41) is 8.46. The Kier molecular flexibility index (Phi) is 2.75. The molecule has 0 atom stereocenters. The Bertz CT molecular complexity index is 367. The topological polar surface area (TPSA) is 36.7 Å². The van der Waals surface area contributed by atoms with E-state index in [2.05, 4.69) is 4.98 Å². The smallest absolute Gasteiger partial charge is 0.251 e. The highest BCUT2D eigenvalue weighted by molar-refractivity contribution is 14.1. The van der Waals surface area contributed by atoms with Crippen LogP contribution < -0.4 is 0 Å². The number of hydrogen-bond acceptors (Lipinski definition) is 2. The molecular weight excluding hydrogens is 296 g/mol. The van der Waals surface area contributed by atoms with Crippen LogP contribution in [0.2, 0.25) is 0 Å². The molecule has 1 rings (SSSR count). The molecule has 68 valence electrons. The molecule has 1 heterocycles. The fourth-order valence-electron chi connectivity index (χ4n) is 0.679. The number of nitrogens with zero attached hydrogens (tertiary/aromatic N) is 2. The van der Waals surface area contributed by atoms with E-state index in [1.165, 1.54) is 0 Å². The molecular formula is C7H2F3IN2. The third kappa shape index (κ3) is 2.30. The average molecular weight is 298 g/mol. The van der Waals surface area contributed by atoms with Crippen molar-refractivity contribution in [1.82, 2.24) is 4.98 Å². The van der Waals surface area contributed by atoms with E-state index in [9.17, 15) is 13.2 Å². The van der Waals surface area contributed by atoms with E-state index in [0.29, 0.717) is 3.57 Å². The lowest BCUT2D eigenvalue weighted by molar-refractivity contribution is -0.141. The van der Waals surface area contributed by atoms with Gasteiger partial charge in [-0.2, -0.15) is 18.4 Å². The number of halogens is 4. The monoisotopic (exact) mass is 298 g/mol. The Morgan fingerprint density at radius 1 is 1.46 bits per heavy atom. The molecule has 0 saturated heterocycles. The van der Waals surface area contributed by atoms with Crippen molar-refractivity contribution in [3.63, 3.8) is 0 Å². The van der Waals surface area contributed by atoms with Gasteiger partial charge in [0.25, 0.3) is 0 Å². The largest absolute Gasteiger partial charge is 0.433 e. The second kappa shape index (κ2) is 3.49. The van der Waals surface area contributed by atoms with Crippen LogP contribution in [0.3, 0.4) is 0 Å². The normalized spacial score (nSPS) is 11.0. The van der Waals surface area contributed by atoms with Gasteiger partial charge >= 0.3 is 6.18 Å². The Morgan fingerprint density at radius 3 is 2.54 bits per heavy atom. The molecule has 0 amide bonds. The van der Waals surface area contributed by atoms with E-state index in [-0.39, 0.29) is 5.56 Å². The van der Waals surface area contributed by atoms with E-state index in [1.54, 1.807) is 28.7 Å². The fraction of sp³-hybridized carbons (Fsp3) is 0.143. The summed E-state index contributed by atoms with van der Waals surface area (Å²) >= 11 is 1.75. The second-order valence-electron chi connectivity index (χ2n) is 2.16. The van der Waals surface area contributed by atoms with Crippen LogP contribution in [0, 0.1) is 14.9 Å². The fourth-order valence-corrected chi connectivity index (χ4v) is 1.09. The Labute approximate surface area is 85.5 Å². The predicted octanol–water partition coefficient (Wildman–Crippen LogP) is 2.58. The molecule has 0 fully saturated rings. The van der Waals surface area contributed by atoms with Crippen molar-refractivity contribution in [2.45, 2.75) is 6.18 Å². The third-order valence-electron chi connectivity index (χ3n) is 1.27. The summed E-state index contributed by atoms with van der Waals surface area (Å²) in [5.41, 5.74) is -1.05. The summed E-state index contributed by atoms with van der Waals surface area (Å²) in [5.74, 6) is 0. The molecule has 2 nitrogen and oxygen atoms in total. The van der Waals surface area contributed by atoms with Crippen molar-refractivity contribution in [2.75, 3.05) is 0 Å². The van der Waals surface area contributed by atoms with Crippen LogP contribution in [0.25, 0.3) is 0 Å². The molecule has 0 aliphatic rings. The lowest BCUT2D eigenvalue weighted by atomic mass is 10.2. The van der Waals surface area contributed by atoms with Gasteiger partial charge in [-0.05, 0) is 28.7 Å². The van der Waals surface area contributed by atoms with Gasteiger partial charge in [0.05, 0.1) is 5.56 Å². The number of rotatable bonds is 0. The van der Waals surface area contributed by atoms with Crippen molar-refractivity contribution in [3.8, 4) is 6.07 Å². The van der Waals surface area contributed by atoms with Crippen molar-refractivity contribution >= 4 is 22.6 Å². The average Bonchev–Trinajstić information content (AvgIpc) is 2.03. The lowest BCUT2D eigenvalue weighted by Crippen LogP contribution is -2.08. The number of pyridine rings is 1. The molecule has 13 heavy (non-hydrogen) atoms. The molecule has 0 spiro atoms. The molecule has 0 unspecified atom stereocenters. The summed E-state index contributed by atoms with van der Waals surface area (Å²) in [7, 11) is 0. The Balaban J connectivity index is 3.24. The van der Waals surface area contributed by atoms with Crippen molar-refractivity contribution < 1.29 is 13.2 Å². The van der Waals surface area contributed by atoms with Crippen LogP contribution in [0.1, 0.15) is 11.3 Å². The molecule has 0 saturated carbocycles. The molecule has 0 aliphatic heterocycles. The van der Waals surface area contributed by atoms with E-state index in [1.807, 2.05) is 0 Å². The minimum atomic E-state index is -4.49. The summed E-state index contributed by atoms with van der Waals surface area (Å²) in [4.78, 5) is 3.17. The van der Waals surface area contributed by atoms with Gasteiger partial charge in [-0.15, -0.1) is 0 Å². The minimum Gasteiger partial charge on any atom is -0.251 e. The minimum absolute atomic E-state index is 0.0112. The van der Waals surface area contributed by atoms with Gasteiger partial charge in [0, 0.05) is 9.77 Å². The van der Waals surface area contributed by atoms with Crippen LogP contribution in [-0.2, 0) is 6.18 Å². The first-order valence-electron chi connectivity index (χ1n) is 3.08. The zero-order valence-electron chi connectivity index (χ0n) is 6.06. The molecule has 0 aromatic carbocycles. The first kappa shape index (κ1) is 10.2. The van der Waals surface area contributed by atoms with Crippen LogP contribution in [-0.4, -0.2) is 4.98 Å². The van der Waals surface area contributed by atoms with E-state index in [4.69, 9.17) is 5.26 Å². The molecule has 6 heteroatoms. The van der Waals surface area contributed by atoms with Crippen molar-refractivity contribution in [3.05, 3.63) is 27.1 Å². The predicted molar refractivity (Wildman–Crippen MR) is 46.7 cm³/mol. The number of nitriles is 1. The lowest BCUT2D eigenvalue weighted by Gasteiger charge is -2.05. The maximum atomic E-state index is 12.1. The summed E-state index contributed by atoms with van der Waals surface area (Å²) in [6, 6.07) is 2.40. The Hall–Kier alpha value is -0.840. The maximum Gasteiger partial charge on any atom is 0.433 e. The van der Waals surface area contributed by atoms with E-state index < -0.39 is 11.9 Å². The Morgan fingerprint density at radius 2 is 2.08 bits per heavy atom. The van der Waals surface area contributed by atoms with Gasteiger partial charge < -0.3 is 0 Å². The van der Waals surface area contributed by atoms with Crippen molar-refractivity contribution in [1.29, 1.82) is 5.26 Å². The molecule has 0 bridgehead atoms. The quantitative estimate of drug-likeness (QED) is 0.690. The summed E-state index contributed by atoms with van der Waals surface area (Å²) < 4.78 is 36.6. The van der Waals surface area contributed by atoms with Crippen LogP contribution in [0.5, 0.6) is 0 Å². The number of aromatic nitrogens is 1. The SMILES string of the molecule is N#Cc1cc(C(F)(F)F)ncc1I. The van der Waals surface area contributed by atoms with Crippen LogP contribution in [0.15, 0.2) is 12.3 Å². The molecule has 1 aromatic rings. The van der Waals surface area contributed by atoms with Gasteiger partial charge in [-0.25, -0.2) is 0 Å². The van der Waals surface area contributed by atoms with Gasteiger partial charge in [0.15, 0.2) is 0 Å². The summed E-state index contributed by atoms with van der Waals surface area (Å²) in [6.45, 7) is 0. The molecule has 0 radical (unpaired) electrons. The second-order valence-corrected chi connectivity index (χ2v) is 3.32. The van der Waals surface area contributed by atoms with Gasteiger partial charge in [-0.3, -0.25) is 4.98 Å². The van der Waals surface area contributed by atoms with E-state index in [0.717, 1.165) is 12.3 Å². The van der Waals surface area contributed by atoms with Crippen LogP contribution in [0.4, 0.5) is 13.2 Å². The van der Waals surface area contributed by atoms with Gasteiger partial charge in [0.1, 0.15) is 11.8 Å². The standard InChI is InChI=1S/C7H2F3IN2/c8-7(9,10)6-1-4(2-12)5(11)3-13-6/h1,3H. The van der Waals surface area contributed by atoms with E-state index >= 15 is 0 Å². The number of alkyl halides is 3. The van der Waals surface area contributed by atoms with Crippen LogP contribution >= 0.6 is 22.6 Å². The third-order valence-corrected chi connectivity index (χ3v) is 2.13. The van der Waals surface area contributed by atoms with Gasteiger partial charge in [0.2, 0.25) is 0 Å². The zero-order valence-corrected chi connectivity index (χ0v) is 8.22. The highest BCUT2D eigenvalue weighted by atomic mass is 127. The first-order valence-corrected chi connectivity index (χ1v) is 4.16. The van der Waals surface area contributed by atoms with Crippen molar-refractivity contribution in [2.24, 2.45) is 0 Å². The highest BCUT2D eigenvalue weighted by Crippen LogP contribution is 2.28. The maximum absolute atomic E-state index is 12.1. The first-order chi connectivity index (χ1) is 5.95.